The molecule has 33 heavy (non-hydrogen) atoms. The molecule has 0 amide bonds. The van der Waals surface area contributed by atoms with Crippen LogP contribution in [-0.2, 0) is 21.9 Å². The Morgan fingerprint density at radius 1 is 1.18 bits per heavy atom. The predicted octanol–water partition coefficient (Wildman–Crippen LogP) is 4.73. The SMILES string of the molecule is Cl.O=S(=O)(CCCF)NCCOc1ccc2c(c1)C(C1(c3ccc(Cl)cc3)CCC1)NCC2. The van der Waals surface area contributed by atoms with Crippen molar-refractivity contribution in [2.75, 3.05) is 32.1 Å². The first-order chi connectivity index (χ1) is 15.4. The third-order valence-electron chi connectivity index (χ3n) is 6.63. The lowest BCUT2D eigenvalue weighted by atomic mass is 9.58. The number of fused-ring (bicyclic) bond motifs is 1. The summed E-state index contributed by atoms with van der Waals surface area (Å²) in [7, 11) is -3.46. The zero-order chi connectivity index (χ0) is 22.6. The van der Waals surface area contributed by atoms with Gasteiger partial charge in [0.05, 0.1) is 12.4 Å². The maximum atomic E-state index is 12.2. The summed E-state index contributed by atoms with van der Waals surface area (Å²) in [6.45, 7) is 0.670. The molecule has 0 aromatic heterocycles. The van der Waals surface area contributed by atoms with E-state index in [0.717, 1.165) is 36.6 Å². The number of hydrogen-bond donors (Lipinski definition) is 2. The Bertz CT molecular complexity index is 1030. The lowest BCUT2D eigenvalue weighted by Crippen LogP contribution is -2.49. The normalized spacial score (nSPS) is 19.2. The second-order valence-corrected chi connectivity index (χ2v) is 11.0. The summed E-state index contributed by atoms with van der Waals surface area (Å²) >= 11 is 6.13. The third kappa shape index (κ3) is 6.01. The third-order valence-corrected chi connectivity index (χ3v) is 8.35. The van der Waals surface area contributed by atoms with E-state index in [1.807, 2.05) is 18.2 Å². The van der Waals surface area contributed by atoms with Crippen molar-refractivity contribution in [1.29, 1.82) is 0 Å². The molecule has 1 heterocycles. The van der Waals surface area contributed by atoms with Gasteiger partial charge in [-0.1, -0.05) is 36.2 Å². The van der Waals surface area contributed by atoms with Gasteiger partial charge >= 0.3 is 0 Å². The van der Waals surface area contributed by atoms with E-state index in [2.05, 4.69) is 34.3 Å². The van der Waals surface area contributed by atoms with E-state index >= 15 is 0 Å². The standard InChI is InChI=1S/C24H30ClFN2O3S.ClH/c25-20-6-4-19(5-7-20)24(10-1-11-24)23-22-17-21(8-3-18(22)9-13-27-23)31-15-14-28-32(29,30)16-2-12-26;/h3-8,17,23,27-28H,1-2,9-16H2;1H. The molecule has 1 aliphatic heterocycles. The number of benzene rings is 2. The number of ether oxygens (including phenoxy) is 1. The first-order valence-electron chi connectivity index (χ1n) is 11.2. The first-order valence-corrected chi connectivity index (χ1v) is 13.2. The Balaban J connectivity index is 0.00000306. The maximum absolute atomic E-state index is 12.2. The van der Waals surface area contributed by atoms with Crippen LogP contribution in [0.2, 0.25) is 5.02 Å². The molecule has 1 unspecified atom stereocenters. The quantitative estimate of drug-likeness (QED) is 0.448. The summed E-state index contributed by atoms with van der Waals surface area (Å²) in [5, 5.41) is 4.50. The van der Waals surface area contributed by atoms with Crippen LogP contribution in [0.15, 0.2) is 42.5 Å². The Hall–Kier alpha value is -1.38. The van der Waals surface area contributed by atoms with Crippen LogP contribution in [0.25, 0.3) is 0 Å². The van der Waals surface area contributed by atoms with Gasteiger partial charge in [-0.15, -0.1) is 12.4 Å². The molecule has 2 aliphatic rings. The second kappa shape index (κ2) is 11.4. The highest BCUT2D eigenvalue weighted by molar-refractivity contribution is 7.89. The summed E-state index contributed by atoms with van der Waals surface area (Å²) < 4.78 is 44.1. The molecule has 1 aliphatic carbocycles. The van der Waals surface area contributed by atoms with Gasteiger partial charge in [0.15, 0.2) is 0 Å². The lowest BCUT2D eigenvalue weighted by Gasteiger charge is -2.50. The molecule has 182 valence electrons. The molecule has 0 radical (unpaired) electrons. The van der Waals surface area contributed by atoms with Crippen LogP contribution < -0.4 is 14.8 Å². The van der Waals surface area contributed by atoms with Crippen molar-refractivity contribution < 1.29 is 17.5 Å². The largest absolute Gasteiger partial charge is 0.492 e. The number of rotatable bonds is 10. The molecule has 1 atom stereocenters. The van der Waals surface area contributed by atoms with E-state index in [1.54, 1.807) is 0 Å². The molecule has 4 rings (SSSR count). The Morgan fingerprint density at radius 2 is 1.94 bits per heavy atom. The maximum Gasteiger partial charge on any atom is 0.211 e. The van der Waals surface area contributed by atoms with Crippen LogP contribution in [0.3, 0.4) is 0 Å². The Morgan fingerprint density at radius 3 is 2.61 bits per heavy atom. The van der Waals surface area contributed by atoms with Gasteiger partial charge in [0.2, 0.25) is 10.0 Å². The van der Waals surface area contributed by atoms with E-state index in [9.17, 15) is 12.8 Å². The van der Waals surface area contributed by atoms with Gasteiger partial charge in [0.25, 0.3) is 0 Å². The molecular weight excluding hydrogens is 486 g/mol. The summed E-state index contributed by atoms with van der Waals surface area (Å²) in [6.07, 6.45) is 4.42. The summed E-state index contributed by atoms with van der Waals surface area (Å²) in [5.41, 5.74) is 3.94. The number of sulfonamides is 1. The fourth-order valence-corrected chi connectivity index (χ4v) is 6.03. The van der Waals surface area contributed by atoms with Crippen molar-refractivity contribution in [2.24, 2.45) is 0 Å². The second-order valence-electron chi connectivity index (χ2n) is 8.62. The van der Waals surface area contributed by atoms with E-state index < -0.39 is 16.7 Å². The highest BCUT2D eigenvalue weighted by Crippen LogP contribution is 2.53. The van der Waals surface area contributed by atoms with Crippen LogP contribution in [-0.4, -0.2) is 40.5 Å². The number of halogens is 3. The summed E-state index contributed by atoms with van der Waals surface area (Å²) in [6, 6.07) is 14.6. The van der Waals surface area contributed by atoms with Gasteiger partial charge < -0.3 is 10.1 Å². The molecule has 5 nitrogen and oxygen atoms in total. The monoisotopic (exact) mass is 516 g/mol. The predicted molar refractivity (Wildman–Crippen MR) is 133 cm³/mol. The number of alkyl halides is 1. The number of nitrogens with one attached hydrogen (secondary N) is 2. The van der Waals surface area contributed by atoms with Gasteiger partial charge in [-0.2, -0.15) is 0 Å². The van der Waals surface area contributed by atoms with E-state index in [0.29, 0.717) is 0 Å². The Labute approximate surface area is 206 Å². The smallest absolute Gasteiger partial charge is 0.211 e. The molecule has 1 saturated carbocycles. The lowest BCUT2D eigenvalue weighted by molar-refractivity contribution is 0.164. The molecule has 2 aromatic carbocycles. The van der Waals surface area contributed by atoms with Gasteiger partial charge in [0.1, 0.15) is 12.4 Å². The van der Waals surface area contributed by atoms with Crippen LogP contribution in [0.1, 0.15) is 48.4 Å². The Kier molecular flexibility index (Phi) is 9.03. The fourth-order valence-electron chi connectivity index (χ4n) is 4.88. The average Bonchev–Trinajstić information content (AvgIpc) is 2.76. The van der Waals surface area contributed by atoms with Crippen LogP contribution >= 0.6 is 24.0 Å². The molecule has 0 saturated heterocycles. The van der Waals surface area contributed by atoms with E-state index in [-0.39, 0.29) is 49.2 Å². The fraction of sp³-hybridized carbons (Fsp3) is 0.500. The molecule has 2 aromatic rings. The molecule has 2 N–H and O–H groups in total. The van der Waals surface area contributed by atoms with Gasteiger partial charge in [-0.05, 0) is 73.2 Å². The minimum Gasteiger partial charge on any atom is -0.492 e. The van der Waals surface area contributed by atoms with Crippen molar-refractivity contribution in [3.63, 3.8) is 0 Å². The molecular formula is C24H31Cl2FN2O3S. The highest BCUT2D eigenvalue weighted by atomic mass is 35.5. The summed E-state index contributed by atoms with van der Waals surface area (Å²) in [5.74, 6) is 0.522. The topological polar surface area (TPSA) is 67.4 Å². The molecule has 9 heteroatoms. The highest BCUT2D eigenvalue weighted by Gasteiger charge is 2.47. The van der Waals surface area contributed by atoms with Gasteiger partial charge in [-0.25, -0.2) is 13.1 Å². The zero-order valence-electron chi connectivity index (χ0n) is 18.5. The molecule has 1 fully saturated rings. The van der Waals surface area contributed by atoms with Gasteiger partial charge in [-0.3, -0.25) is 4.39 Å². The van der Waals surface area contributed by atoms with Crippen molar-refractivity contribution in [1.82, 2.24) is 10.0 Å². The first kappa shape index (κ1) is 26.2. The molecule has 0 spiro atoms. The van der Waals surface area contributed by atoms with E-state index in [4.69, 9.17) is 16.3 Å². The number of hydrogen-bond acceptors (Lipinski definition) is 4. The summed E-state index contributed by atoms with van der Waals surface area (Å²) in [4.78, 5) is 0. The van der Waals surface area contributed by atoms with E-state index in [1.165, 1.54) is 23.1 Å². The van der Waals surface area contributed by atoms with Gasteiger partial charge in [0, 0.05) is 23.0 Å². The average molecular weight is 517 g/mol. The minimum absolute atomic E-state index is 0. The molecule has 0 bridgehead atoms. The van der Waals surface area contributed by atoms with Crippen LogP contribution in [0.4, 0.5) is 4.39 Å². The van der Waals surface area contributed by atoms with Crippen molar-refractivity contribution in [2.45, 2.75) is 43.6 Å². The van der Waals surface area contributed by atoms with Crippen molar-refractivity contribution in [3.05, 3.63) is 64.2 Å². The van der Waals surface area contributed by atoms with Crippen LogP contribution in [0, 0.1) is 0 Å². The van der Waals surface area contributed by atoms with Crippen molar-refractivity contribution in [3.8, 4) is 5.75 Å². The van der Waals surface area contributed by atoms with Crippen LogP contribution in [0.5, 0.6) is 5.75 Å². The van der Waals surface area contributed by atoms with Crippen molar-refractivity contribution >= 4 is 34.0 Å². The minimum atomic E-state index is -3.46. The zero-order valence-corrected chi connectivity index (χ0v) is 20.9.